The SMILES string of the molecule is CCOC(=O)[C@@H](C)Oc1ccccc1Br. The molecule has 1 atom stereocenters. The Morgan fingerprint density at radius 2 is 2.13 bits per heavy atom. The molecule has 1 aromatic carbocycles. The normalized spacial score (nSPS) is 11.9. The van der Waals surface area contributed by atoms with E-state index in [1.54, 1.807) is 19.9 Å². The molecule has 0 N–H and O–H groups in total. The van der Waals surface area contributed by atoms with E-state index in [0.29, 0.717) is 12.4 Å². The van der Waals surface area contributed by atoms with Crippen molar-refractivity contribution in [1.82, 2.24) is 0 Å². The molecule has 0 fully saturated rings. The highest BCUT2D eigenvalue weighted by Gasteiger charge is 2.16. The molecule has 0 saturated heterocycles. The maximum atomic E-state index is 11.3. The van der Waals surface area contributed by atoms with Crippen LogP contribution in [0, 0.1) is 0 Å². The van der Waals surface area contributed by atoms with Crippen molar-refractivity contribution in [3.05, 3.63) is 28.7 Å². The first-order valence-electron chi connectivity index (χ1n) is 4.73. The third kappa shape index (κ3) is 3.55. The van der Waals surface area contributed by atoms with Crippen LogP contribution in [0.25, 0.3) is 0 Å². The summed E-state index contributed by atoms with van der Waals surface area (Å²) in [5.41, 5.74) is 0. The predicted molar refractivity (Wildman–Crippen MR) is 60.9 cm³/mol. The van der Waals surface area contributed by atoms with Gasteiger partial charge in [-0.05, 0) is 41.9 Å². The third-order valence-electron chi connectivity index (χ3n) is 1.76. The smallest absolute Gasteiger partial charge is 0.347 e. The van der Waals surface area contributed by atoms with Crippen molar-refractivity contribution in [3.63, 3.8) is 0 Å². The second kappa shape index (κ2) is 5.75. The Labute approximate surface area is 97.5 Å². The summed E-state index contributed by atoms with van der Waals surface area (Å²) in [4.78, 5) is 11.3. The summed E-state index contributed by atoms with van der Waals surface area (Å²) >= 11 is 3.34. The fourth-order valence-corrected chi connectivity index (χ4v) is 1.42. The first-order chi connectivity index (χ1) is 7.15. The molecule has 0 radical (unpaired) electrons. The van der Waals surface area contributed by atoms with Crippen molar-refractivity contribution in [2.24, 2.45) is 0 Å². The zero-order chi connectivity index (χ0) is 11.3. The average Bonchev–Trinajstić information content (AvgIpc) is 2.21. The van der Waals surface area contributed by atoms with Gasteiger partial charge in [-0.15, -0.1) is 0 Å². The van der Waals surface area contributed by atoms with Crippen LogP contribution in [0.5, 0.6) is 5.75 Å². The largest absolute Gasteiger partial charge is 0.478 e. The summed E-state index contributed by atoms with van der Waals surface area (Å²) < 4.78 is 11.1. The molecule has 0 aromatic heterocycles. The summed E-state index contributed by atoms with van der Waals surface area (Å²) in [5.74, 6) is 0.284. The van der Waals surface area contributed by atoms with E-state index in [1.807, 2.05) is 18.2 Å². The fourth-order valence-electron chi connectivity index (χ4n) is 1.04. The van der Waals surface area contributed by atoms with Crippen LogP contribution >= 0.6 is 15.9 Å². The van der Waals surface area contributed by atoms with E-state index in [1.165, 1.54) is 0 Å². The van der Waals surface area contributed by atoms with Crippen LogP contribution in [0.4, 0.5) is 0 Å². The van der Waals surface area contributed by atoms with Crippen LogP contribution in [0.1, 0.15) is 13.8 Å². The lowest BCUT2D eigenvalue weighted by molar-refractivity contribution is -0.150. The number of para-hydroxylation sites is 1. The second-order valence-electron chi connectivity index (χ2n) is 2.94. The number of carbonyl (C=O) groups is 1. The van der Waals surface area contributed by atoms with Gasteiger partial charge in [0.25, 0.3) is 0 Å². The number of rotatable bonds is 4. The molecular formula is C11H13BrO3. The lowest BCUT2D eigenvalue weighted by Gasteiger charge is -2.14. The predicted octanol–water partition coefficient (Wildman–Crippen LogP) is 2.78. The van der Waals surface area contributed by atoms with Gasteiger partial charge in [-0.3, -0.25) is 0 Å². The van der Waals surface area contributed by atoms with E-state index in [0.717, 1.165) is 4.47 Å². The Kier molecular flexibility index (Phi) is 4.62. The molecule has 0 saturated carbocycles. The summed E-state index contributed by atoms with van der Waals surface area (Å²) in [6.45, 7) is 3.79. The van der Waals surface area contributed by atoms with Gasteiger partial charge in [0.05, 0.1) is 11.1 Å². The van der Waals surface area contributed by atoms with E-state index in [9.17, 15) is 4.79 Å². The minimum Gasteiger partial charge on any atom is -0.478 e. The Morgan fingerprint density at radius 3 is 2.73 bits per heavy atom. The van der Waals surface area contributed by atoms with Crippen molar-refractivity contribution in [1.29, 1.82) is 0 Å². The standard InChI is InChI=1S/C11H13BrO3/c1-3-14-11(13)8(2)15-10-7-5-4-6-9(10)12/h4-8H,3H2,1-2H3/t8-/m1/s1. The van der Waals surface area contributed by atoms with Gasteiger partial charge in [0.1, 0.15) is 5.75 Å². The van der Waals surface area contributed by atoms with E-state index in [4.69, 9.17) is 9.47 Å². The molecule has 1 aromatic rings. The third-order valence-corrected chi connectivity index (χ3v) is 2.41. The molecule has 0 unspecified atom stereocenters. The lowest BCUT2D eigenvalue weighted by Crippen LogP contribution is -2.26. The maximum Gasteiger partial charge on any atom is 0.347 e. The van der Waals surface area contributed by atoms with Gasteiger partial charge >= 0.3 is 5.97 Å². The number of halogens is 1. The van der Waals surface area contributed by atoms with Crippen LogP contribution in [0.15, 0.2) is 28.7 Å². The first kappa shape index (κ1) is 12.0. The monoisotopic (exact) mass is 272 g/mol. The number of carbonyl (C=O) groups excluding carboxylic acids is 1. The van der Waals surface area contributed by atoms with Crippen LogP contribution in [-0.4, -0.2) is 18.7 Å². The summed E-state index contributed by atoms with van der Waals surface area (Å²) in [6, 6.07) is 7.37. The molecule has 0 heterocycles. The van der Waals surface area contributed by atoms with Crippen molar-refractivity contribution in [3.8, 4) is 5.75 Å². The van der Waals surface area contributed by atoms with E-state index >= 15 is 0 Å². The number of benzene rings is 1. The molecule has 15 heavy (non-hydrogen) atoms. The van der Waals surface area contributed by atoms with Gasteiger partial charge in [-0.25, -0.2) is 4.79 Å². The summed E-state index contributed by atoms with van der Waals surface area (Å²) in [7, 11) is 0. The summed E-state index contributed by atoms with van der Waals surface area (Å²) in [5, 5.41) is 0. The fraction of sp³-hybridized carbons (Fsp3) is 0.364. The molecule has 82 valence electrons. The van der Waals surface area contributed by atoms with Crippen molar-refractivity contribution >= 4 is 21.9 Å². The van der Waals surface area contributed by atoms with Crippen LogP contribution in [0.2, 0.25) is 0 Å². The molecule has 0 amide bonds. The number of esters is 1. The minimum atomic E-state index is -0.594. The van der Waals surface area contributed by atoms with Gasteiger partial charge in [0.15, 0.2) is 6.10 Å². The Balaban J connectivity index is 2.62. The molecule has 1 rings (SSSR count). The van der Waals surface area contributed by atoms with Crippen molar-refractivity contribution < 1.29 is 14.3 Å². The molecule has 4 heteroatoms. The van der Waals surface area contributed by atoms with Gasteiger partial charge < -0.3 is 9.47 Å². The number of hydrogen-bond acceptors (Lipinski definition) is 3. The number of hydrogen-bond donors (Lipinski definition) is 0. The lowest BCUT2D eigenvalue weighted by atomic mass is 10.3. The van der Waals surface area contributed by atoms with Crippen molar-refractivity contribution in [2.45, 2.75) is 20.0 Å². The van der Waals surface area contributed by atoms with Gasteiger partial charge in [0, 0.05) is 0 Å². The first-order valence-corrected chi connectivity index (χ1v) is 5.52. The highest BCUT2D eigenvalue weighted by Crippen LogP contribution is 2.24. The highest BCUT2D eigenvalue weighted by atomic mass is 79.9. The topological polar surface area (TPSA) is 35.5 Å². The van der Waals surface area contributed by atoms with E-state index in [-0.39, 0.29) is 5.97 Å². The minimum absolute atomic E-state index is 0.353. The molecule has 0 aliphatic carbocycles. The molecule has 3 nitrogen and oxygen atoms in total. The quantitative estimate of drug-likeness (QED) is 0.791. The number of ether oxygens (including phenoxy) is 2. The second-order valence-corrected chi connectivity index (χ2v) is 3.80. The van der Waals surface area contributed by atoms with Crippen LogP contribution in [0.3, 0.4) is 0 Å². The summed E-state index contributed by atoms with van der Waals surface area (Å²) in [6.07, 6.45) is -0.594. The van der Waals surface area contributed by atoms with E-state index < -0.39 is 6.10 Å². The zero-order valence-electron chi connectivity index (χ0n) is 8.70. The zero-order valence-corrected chi connectivity index (χ0v) is 10.3. The average molecular weight is 273 g/mol. The molecule has 0 aliphatic rings. The maximum absolute atomic E-state index is 11.3. The van der Waals surface area contributed by atoms with Crippen LogP contribution < -0.4 is 4.74 Å². The van der Waals surface area contributed by atoms with Crippen molar-refractivity contribution in [2.75, 3.05) is 6.61 Å². The Hall–Kier alpha value is -1.03. The molecule has 0 aliphatic heterocycles. The molecule has 0 bridgehead atoms. The van der Waals surface area contributed by atoms with Gasteiger partial charge in [-0.1, -0.05) is 12.1 Å². The Morgan fingerprint density at radius 1 is 1.47 bits per heavy atom. The Bertz CT molecular complexity index is 338. The van der Waals surface area contributed by atoms with Crippen LogP contribution in [-0.2, 0) is 9.53 Å². The molecular weight excluding hydrogens is 260 g/mol. The van der Waals surface area contributed by atoms with E-state index in [2.05, 4.69) is 15.9 Å². The van der Waals surface area contributed by atoms with Gasteiger partial charge in [-0.2, -0.15) is 0 Å². The van der Waals surface area contributed by atoms with Gasteiger partial charge in [0.2, 0.25) is 0 Å². The molecule has 0 spiro atoms. The highest BCUT2D eigenvalue weighted by molar-refractivity contribution is 9.10.